The minimum atomic E-state index is -0.224. The fourth-order valence-corrected chi connectivity index (χ4v) is 1.99. The Morgan fingerprint density at radius 1 is 1.56 bits per heavy atom. The van der Waals surface area contributed by atoms with Crippen molar-refractivity contribution in [3.05, 3.63) is 46.2 Å². The molecule has 16 heavy (non-hydrogen) atoms. The lowest BCUT2D eigenvalue weighted by Gasteiger charge is -2.17. The van der Waals surface area contributed by atoms with Crippen LogP contribution >= 0.6 is 15.9 Å². The van der Waals surface area contributed by atoms with Gasteiger partial charge in [0, 0.05) is 6.04 Å². The third-order valence-corrected chi connectivity index (χ3v) is 3.16. The monoisotopic (exact) mass is 285 g/mol. The van der Waals surface area contributed by atoms with Crippen LogP contribution in [0.2, 0.25) is 0 Å². The molecular formula is C13H17BrFN. The summed E-state index contributed by atoms with van der Waals surface area (Å²) in [5, 5.41) is 3.24. The van der Waals surface area contributed by atoms with Gasteiger partial charge in [-0.1, -0.05) is 11.6 Å². The lowest BCUT2D eigenvalue weighted by Crippen LogP contribution is -2.16. The first-order valence-corrected chi connectivity index (χ1v) is 6.10. The van der Waals surface area contributed by atoms with Gasteiger partial charge in [-0.2, -0.15) is 0 Å². The first kappa shape index (κ1) is 13.4. The van der Waals surface area contributed by atoms with Crippen LogP contribution < -0.4 is 5.32 Å². The van der Waals surface area contributed by atoms with Gasteiger partial charge in [-0.15, -0.1) is 6.58 Å². The maximum Gasteiger partial charge on any atom is 0.137 e. The molecule has 0 aromatic heterocycles. The van der Waals surface area contributed by atoms with E-state index in [0.29, 0.717) is 4.47 Å². The van der Waals surface area contributed by atoms with Crippen molar-refractivity contribution in [3.8, 4) is 0 Å². The largest absolute Gasteiger partial charge is 0.313 e. The highest BCUT2D eigenvalue weighted by atomic mass is 79.9. The van der Waals surface area contributed by atoms with Gasteiger partial charge in [-0.25, -0.2) is 4.39 Å². The molecule has 0 fully saturated rings. The Balaban J connectivity index is 2.78. The minimum Gasteiger partial charge on any atom is -0.313 e. The molecule has 1 aromatic rings. The van der Waals surface area contributed by atoms with Crippen LogP contribution in [0, 0.1) is 5.82 Å². The van der Waals surface area contributed by atoms with Gasteiger partial charge >= 0.3 is 0 Å². The van der Waals surface area contributed by atoms with Crippen molar-refractivity contribution in [1.29, 1.82) is 0 Å². The van der Waals surface area contributed by atoms with Gasteiger partial charge in [-0.05, 0) is 60.4 Å². The molecule has 0 aliphatic rings. The average Bonchev–Trinajstić information content (AvgIpc) is 2.23. The maximum absolute atomic E-state index is 13.1. The van der Waals surface area contributed by atoms with Gasteiger partial charge in [0.15, 0.2) is 0 Å². The zero-order valence-corrected chi connectivity index (χ0v) is 11.3. The van der Waals surface area contributed by atoms with Gasteiger partial charge < -0.3 is 5.32 Å². The second-order valence-corrected chi connectivity index (χ2v) is 4.86. The Morgan fingerprint density at radius 3 is 2.75 bits per heavy atom. The SMILES string of the molecule is C=C(C)CCC(NC)c1ccc(F)c(Br)c1. The predicted molar refractivity (Wildman–Crippen MR) is 69.9 cm³/mol. The van der Waals surface area contributed by atoms with Crippen molar-refractivity contribution >= 4 is 15.9 Å². The molecular weight excluding hydrogens is 269 g/mol. The summed E-state index contributed by atoms with van der Waals surface area (Å²) in [6.45, 7) is 5.91. The maximum atomic E-state index is 13.1. The number of benzene rings is 1. The summed E-state index contributed by atoms with van der Waals surface area (Å²) < 4.78 is 13.6. The number of halogens is 2. The van der Waals surface area contributed by atoms with E-state index in [1.807, 2.05) is 26.1 Å². The smallest absolute Gasteiger partial charge is 0.137 e. The molecule has 0 aliphatic heterocycles. The minimum absolute atomic E-state index is 0.224. The number of allylic oxidation sites excluding steroid dienone is 1. The lowest BCUT2D eigenvalue weighted by molar-refractivity contribution is 0.545. The van der Waals surface area contributed by atoms with E-state index in [-0.39, 0.29) is 11.9 Å². The summed E-state index contributed by atoms with van der Waals surface area (Å²) in [5.74, 6) is -0.224. The molecule has 0 bridgehead atoms. The topological polar surface area (TPSA) is 12.0 Å². The van der Waals surface area contributed by atoms with Crippen LogP contribution in [0.5, 0.6) is 0 Å². The molecule has 88 valence electrons. The van der Waals surface area contributed by atoms with Crippen molar-refractivity contribution in [3.63, 3.8) is 0 Å². The Morgan fingerprint density at radius 2 is 2.25 bits per heavy atom. The van der Waals surface area contributed by atoms with E-state index in [2.05, 4.69) is 27.8 Å². The molecule has 1 N–H and O–H groups in total. The van der Waals surface area contributed by atoms with Crippen molar-refractivity contribution in [2.24, 2.45) is 0 Å². The Hall–Kier alpha value is -0.670. The zero-order valence-electron chi connectivity index (χ0n) is 9.69. The molecule has 0 aliphatic carbocycles. The Kier molecular flexibility index (Phi) is 5.16. The van der Waals surface area contributed by atoms with Crippen molar-refractivity contribution < 1.29 is 4.39 Å². The molecule has 0 amide bonds. The quantitative estimate of drug-likeness (QED) is 0.800. The van der Waals surface area contributed by atoms with Gasteiger partial charge in [0.2, 0.25) is 0 Å². The van der Waals surface area contributed by atoms with Crippen molar-refractivity contribution in [2.75, 3.05) is 7.05 Å². The van der Waals surface area contributed by atoms with Gasteiger partial charge in [0.1, 0.15) is 5.82 Å². The number of nitrogens with one attached hydrogen (secondary N) is 1. The first-order valence-electron chi connectivity index (χ1n) is 5.31. The van der Waals surface area contributed by atoms with Crippen LogP contribution in [0.4, 0.5) is 4.39 Å². The van der Waals surface area contributed by atoms with E-state index in [4.69, 9.17) is 0 Å². The zero-order chi connectivity index (χ0) is 12.1. The van der Waals surface area contributed by atoms with E-state index < -0.39 is 0 Å². The number of rotatable bonds is 5. The van der Waals surface area contributed by atoms with E-state index in [0.717, 1.165) is 18.4 Å². The molecule has 0 saturated carbocycles. The number of hydrogen-bond acceptors (Lipinski definition) is 1. The number of hydrogen-bond donors (Lipinski definition) is 1. The van der Waals surface area contributed by atoms with E-state index >= 15 is 0 Å². The second kappa shape index (κ2) is 6.16. The lowest BCUT2D eigenvalue weighted by atomic mass is 10.0. The fourth-order valence-electron chi connectivity index (χ4n) is 1.60. The first-order chi connectivity index (χ1) is 7.54. The van der Waals surface area contributed by atoms with E-state index in [9.17, 15) is 4.39 Å². The molecule has 0 saturated heterocycles. The van der Waals surface area contributed by atoms with Gasteiger partial charge in [-0.3, -0.25) is 0 Å². The molecule has 1 aromatic carbocycles. The molecule has 1 unspecified atom stereocenters. The molecule has 1 atom stereocenters. The molecule has 0 heterocycles. The van der Waals surface area contributed by atoms with Crippen LogP contribution in [0.1, 0.15) is 31.4 Å². The highest BCUT2D eigenvalue weighted by Gasteiger charge is 2.10. The molecule has 3 heteroatoms. The highest BCUT2D eigenvalue weighted by Crippen LogP contribution is 2.24. The van der Waals surface area contributed by atoms with Crippen molar-refractivity contribution in [2.45, 2.75) is 25.8 Å². The summed E-state index contributed by atoms with van der Waals surface area (Å²) in [6, 6.07) is 5.38. The summed E-state index contributed by atoms with van der Waals surface area (Å²) in [5.41, 5.74) is 2.26. The third kappa shape index (κ3) is 3.72. The third-order valence-electron chi connectivity index (χ3n) is 2.55. The van der Waals surface area contributed by atoms with Crippen LogP contribution in [-0.2, 0) is 0 Å². The average molecular weight is 286 g/mol. The standard InChI is InChI=1S/C13H17BrFN/c1-9(2)4-7-13(16-3)10-5-6-12(15)11(14)8-10/h5-6,8,13,16H,1,4,7H2,2-3H3. The molecule has 0 radical (unpaired) electrons. The Labute approximate surface area is 105 Å². The van der Waals surface area contributed by atoms with E-state index in [1.54, 1.807) is 0 Å². The molecule has 0 spiro atoms. The molecule has 1 nitrogen and oxygen atoms in total. The van der Waals surface area contributed by atoms with Crippen LogP contribution in [0.3, 0.4) is 0 Å². The van der Waals surface area contributed by atoms with Crippen LogP contribution in [-0.4, -0.2) is 7.05 Å². The van der Waals surface area contributed by atoms with Crippen LogP contribution in [0.15, 0.2) is 34.8 Å². The van der Waals surface area contributed by atoms with Gasteiger partial charge in [0.05, 0.1) is 4.47 Å². The summed E-state index contributed by atoms with van der Waals surface area (Å²) >= 11 is 3.20. The highest BCUT2D eigenvalue weighted by molar-refractivity contribution is 9.10. The summed E-state index contributed by atoms with van der Waals surface area (Å²) in [7, 11) is 1.92. The van der Waals surface area contributed by atoms with Gasteiger partial charge in [0.25, 0.3) is 0 Å². The van der Waals surface area contributed by atoms with E-state index in [1.165, 1.54) is 11.6 Å². The second-order valence-electron chi connectivity index (χ2n) is 4.01. The Bertz CT molecular complexity index is 376. The molecule has 1 rings (SSSR count). The summed E-state index contributed by atoms with van der Waals surface area (Å²) in [4.78, 5) is 0. The predicted octanol–water partition coefficient (Wildman–Crippen LogP) is 4.21. The summed E-state index contributed by atoms with van der Waals surface area (Å²) in [6.07, 6.45) is 1.95. The fraction of sp³-hybridized carbons (Fsp3) is 0.385. The normalized spacial score (nSPS) is 12.5. The van der Waals surface area contributed by atoms with Crippen LogP contribution in [0.25, 0.3) is 0 Å². The van der Waals surface area contributed by atoms with Crippen molar-refractivity contribution in [1.82, 2.24) is 5.32 Å².